The van der Waals surface area contributed by atoms with Gasteiger partial charge in [0, 0.05) is 79.5 Å². The highest BCUT2D eigenvalue weighted by atomic mass is 79.9. The van der Waals surface area contributed by atoms with Gasteiger partial charge in [-0.1, -0.05) is 65.5 Å². The Morgan fingerprint density at radius 3 is 1.56 bits per heavy atom. The van der Waals surface area contributed by atoms with E-state index < -0.39 is 12.3 Å². The van der Waals surface area contributed by atoms with Crippen LogP contribution in [-0.2, 0) is 18.7 Å². The highest BCUT2D eigenvalue weighted by molar-refractivity contribution is 9.11. The number of fused-ring (bicyclic) bond motifs is 2. The standard InChI is InChI=1S/C20H23N5O.C17H24BNO3.C9H13BrN4O.C9H11BrN4.C5H6BrN3.C4H7NO.Cl3OP/c1-12(2)21-20-24-23-18-11-14(8-9-25(18)20)17-10-15(5-4-13(17)3)19(26)22-16-6-7-16;1-11-6-7-12(15(20)19-13-8-9-13)10-14(11)18-21-16(2,3)17(4,5)22-18;1-6(2)12-9(15)14-13-8-5-7(10)3-4-11-8;1-6(2)11-9-13-12-8-5-7(10)3-4-14(8)9;6-4-1-2-8-5(3-4)9-7;1-4(2)5-3-6;1-5(2,3)4/h4-5,8-12,16H,6-7H2,1-3H3,(H,21,24)(H,22,26);6-7,10,13H,8-9H2,1-5H3,(H,19,20);3-6H,1-2H3,(H,11,13)(H2,12,14,15);3-6H,1-2H3,(H,11,13);1-3H,7H2,(H,8,9);4H,1-2H3;. The van der Waals surface area contributed by atoms with Gasteiger partial charge in [0.2, 0.25) is 18.0 Å². The lowest BCUT2D eigenvalue weighted by Gasteiger charge is -2.32. The first-order valence-electron chi connectivity index (χ1n) is 30.9. The molecule has 2 saturated carbocycles. The molecule has 10 N–H and O–H groups in total. The third-order valence-corrected chi connectivity index (χ3v) is 15.4. The number of nitrogens with zero attached hydrogens (tertiary/aromatic N) is 9. The van der Waals surface area contributed by atoms with E-state index in [4.69, 9.17) is 15.2 Å². The number of urea groups is 1. The number of nitrogen functional groups attached to an aromatic ring is 1. The molecule has 2 aromatic carbocycles. The molecule has 0 radical (unpaired) electrons. The summed E-state index contributed by atoms with van der Waals surface area (Å²) in [6.45, 7) is 27.9. The zero-order valence-electron chi connectivity index (χ0n) is 56.4. The number of anilines is 4. The lowest BCUT2D eigenvalue weighted by atomic mass is 9.75. The van der Waals surface area contributed by atoms with Crippen molar-refractivity contribution in [1.82, 2.24) is 60.5 Å². The van der Waals surface area contributed by atoms with Crippen LogP contribution < -0.4 is 54.2 Å². The van der Waals surface area contributed by atoms with E-state index in [-0.39, 0.29) is 47.2 Å². The van der Waals surface area contributed by atoms with Gasteiger partial charge in [0.1, 0.15) is 11.6 Å². The first-order chi connectivity index (χ1) is 45.5. The highest BCUT2D eigenvalue weighted by Gasteiger charge is 2.52. The van der Waals surface area contributed by atoms with Gasteiger partial charge in [-0.25, -0.2) is 30.4 Å². The number of hydrogen-bond acceptors (Lipinski definition) is 19. The fraction of sp³-hybridized carbons (Fsp3) is 0.406. The number of aryl methyl sites for hydroxylation is 2. The van der Waals surface area contributed by atoms with Gasteiger partial charge in [0.25, 0.3) is 11.8 Å². The molecule has 0 spiro atoms. The number of amides is 4. The van der Waals surface area contributed by atoms with E-state index in [0.717, 1.165) is 90.0 Å². The van der Waals surface area contributed by atoms with Crippen LogP contribution in [0.3, 0.4) is 0 Å². The number of aliphatic imine (C=N–C) groups is 1. The molecule has 522 valence electrons. The monoisotopic (exact) mass is 1600 g/mol. The van der Waals surface area contributed by atoms with Crippen molar-refractivity contribution < 1.29 is 33.1 Å². The van der Waals surface area contributed by atoms with Crippen LogP contribution in [0.5, 0.6) is 0 Å². The topological polar surface area (TPSA) is 325 Å². The number of isocyanates is 1. The van der Waals surface area contributed by atoms with E-state index in [1.165, 1.54) is 6.08 Å². The summed E-state index contributed by atoms with van der Waals surface area (Å²) < 4.78 is 28.4. The third-order valence-electron chi connectivity index (χ3n) is 13.9. The molecule has 0 atom stereocenters. The number of rotatable bonds is 15. The number of aromatic nitrogens is 8. The number of hydrogen-bond donors (Lipinski definition) is 9. The van der Waals surface area contributed by atoms with Gasteiger partial charge in [-0.2, -0.15) is 0 Å². The largest absolute Gasteiger partial charge is 0.495 e. The van der Waals surface area contributed by atoms with Gasteiger partial charge < -0.3 is 41.3 Å². The Kier molecular flexibility index (Phi) is 31.7. The van der Waals surface area contributed by atoms with E-state index in [1.54, 1.807) is 30.6 Å². The first-order valence-corrected chi connectivity index (χ1v) is 37.7. The zero-order chi connectivity index (χ0) is 72.0. The zero-order valence-corrected chi connectivity index (χ0v) is 64.4. The summed E-state index contributed by atoms with van der Waals surface area (Å²) >= 11 is 23.8. The minimum Gasteiger partial charge on any atom is -0.399 e. The van der Waals surface area contributed by atoms with E-state index >= 15 is 0 Å². The molecule has 4 amide bonds. The normalized spacial score (nSPS) is 14.0. The highest BCUT2D eigenvalue weighted by Crippen LogP contribution is 2.61. The summed E-state index contributed by atoms with van der Waals surface area (Å²) in [7, 11) is -0.432. The lowest BCUT2D eigenvalue weighted by Crippen LogP contribution is -2.42. The van der Waals surface area contributed by atoms with E-state index in [9.17, 15) is 23.7 Å². The van der Waals surface area contributed by atoms with Crippen LogP contribution in [0.25, 0.3) is 22.4 Å². The number of pyridine rings is 4. The Hall–Kier alpha value is -6.75. The van der Waals surface area contributed by atoms with Crippen molar-refractivity contribution in [2.45, 2.75) is 170 Å². The summed E-state index contributed by atoms with van der Waals surface area (Å²) in [5.74, 6) is 7.81. The number of hydrazine groups is 2. The predicted molar refractivity (Wildman–Crippen MR) is 400 cm³/mol. The summed E-state index contributed by atoms with van der Waals surface area (Å²) in [6, 6.07) is 27.9. The van der Waals surface area contributed by atoms with E-state index in [0.29, 0.717) is 40.9 Å². The second kappa shape index (κ2) is 38.0. The Labute approximate surface area is 606 Å². The average molecular weight is 1610 g/mol. The van der Waals surface area contributed by atoms with Crippen molar-refractivity contribution >= 4 is 158 Å². The van der Waals surface area contributed by atoms with Crippen LogP contribution >= 0.6 is 86.7 Å². The molecule has 0 bridgehead atoms. The van der Waals surface area contributed by atoms with Gasteiger partial charge in [0.05, 0.1) is 17.2 Å². The fourth-order valence-corrected chi connectivity index (χ4v) is 9.18. The summed E-state index contributed by atoms with van der Waals surface area (Å²) in [5, 5.41) is 28.6. The molecule has 2 aliphatic carbocycles. The summed E-state index contributed by atoms with van der Waals surface area (Å²) in [4.78, 5) is 56.3. The number of carbonyl (C=O) groups excluding carboxylic acids is 4. The van der Waals surface area contributed by atoms with Crippen LogP contribution in [0.4, 0.5) is 28.3 Å². The van der Waals surface area contributed by atoms with Crippen LogP contribution in [-0.4, -0.2) is 118 Å². The van der Waals surface area contributed by atoms with Crippen molar-refractivity contribution in [2.75, 3.05) is 21.5 Å². The number of nitrogens with one attached hydrogen (secondary N) is 8. The number of nitrogens with two attached hydrogens (primary N) is 1. The third kappa shape index (κ3) is 28.6. The SMILES string of the molecule is CC(C)N=C=O.CC(C)NC(=O)NNc1cc(Br)ccn1.CC(C)Nc1nnc2cc(Br)ccn12.Cc1ccc(C(=O)NC2CC2)cc1-c1ccn2c(NC(C)C)nnc2c1.Cc1ccc(C(=O)NC2CC2)cc1B1OC(C)(C)C(C)(C)O1.NNc1cc(Br)ccn1.O=P(Cl)(Cl)Cl. The molecule has 8 aromatic rings. The molecule has 1 aliphatic heterocycles. The first kappa shape index (κ1) is 80.9. The predicted octanol–water partition coefficient (Wildman–Crippen LogP) is 14.5. The molecule has 97 heavy (non-hydrogen) atoms. The van der Waals surface area contributed by atoms with Crippen LogP contribution in [0.15, 0.2) is 128 Å². The molecule has 33 heteroatoms. The van der Waals surface area contributed by atoms with Crippen LogP contribution in [0, 0.1) is 13.8 Å². The Morgan fingerprint density at radius 1 is 0.649 bits per heavy atom. The second-order valence-corrected chi connectivity index (χ2v) is 33.9. The van der Waals surface area contributed by atoms with Gasteiger partial charge in [-0.3, -0.25) is 33.8 Å². The second-order valence-electron chi connectivity index (χ2n) is 24.5. The van der Waals surface area contributed by atoms with Crippen molar-refractivity contribution in [3.05, 3.63) is 145 Å². The maximum atomic E-state index is 12.4. The summed E-state index contributed by atoms with van der Waals surface area (Å²) in [5.41, 5.74) is 15.0. The van der Waals surface area contributed by atoms with Crippen molar-refractivity contribution in [1.29, 1.82) is 0 Å². The van der Waals surface area contributed by atoms with Gasteiger partial charge in [0.15, 0.2) is 11.3 Å². The van der Waals surface area contributed by atoms with E-state index in [1.807, 2.05) is 150 Å². The minimum atomic E-state index is -3.22. The molecule has 0 unspecified atom stereocenters. The average Bonchev–Trinajstić information content (AvgIpc) is 1.64. The number of halogens is 6. The molecule has 11 rings (SSSR count). The van der Waals surface area contributed by atoms with Gasteiger partial charge >= 0.3 is 18.3 Å². The molecule has 7 heterocycles. The number of carbonyl (C=O) groups is 3. The van der Waals surface area contributed by atoms with Crippen LogP contribution in [0.2, 0.25) is 0 Å². The molecule has 3 fully saturated rings. The maximum Gasteiger partial charge on any atom is 0.495 e. The Balaban J connectivity index is 0.000000218. The quantitative estimate of drug-likeness (QED) is 0.0115. The molecular formula is C64H84BBr3Cl3N18O7P. The summed E-state index contributed by atoms with van der Waals surface area (Å²) in [6.07, 6.45) is 13.0. The smallest absolute Gasteiger partial charge is 0.399 e. The minimum absolute atomic E-state index is 0.000672. The molecular weight excluding hydrogens is 1520 g/mol. The van der Waals surface area contributed by atoms with Crippen LogP contribution in [0.1, 0.15) is 141 Å². The van der Waals surface area contributed by atoms with Crippen molar-refractivity contribution in [2.24, 2.45) is 10.8 Å². The molecule has 3 aliphatic rings. The maximum absolute atomic E-state index is 12.4. The molecule has 6 aromatic heterocycles. The number of benzene rings is 2. The van der Waals surface area contributed by atoms with Crippen molar-refractivity contribution in [3.8, 4) is 11.1 Å². The van der Waals surface area contributed by atoms with Gasteiger partial charge in [-0.05, 0) is 251 Å². The lowest BCUT2D eigenvalue weighted by molar-refractivity contribution is 0.00578. The molecule has 25 nitrogen and oxygen atoms in total. The fourth-order valence-electron chi connectivity index (χ4n) is 8.19. The molecule has 1 saturated heterocycles. The van der Waals surface area contributed by atoms with Crippen molar-refractivity contribution in [3.63, 3.8) is 0 Å². The Morgan fingerprint density at radius 2 is 1.11 bits per heavy atom. The van der Waals surface area contributed by atoms with E-state index in [2.05, 4.69) is 194 Å². The van der Waals surface area contributed by atoms with Gasteiger partial charge in [-0.15, -0.1) is 20.4 Å². The Bertz CT molecular complexity index is 4000.